The van der Waals surface area contributed by atoms with Crippen molar-refractivity contribution in [3.63, 3.8) is 0 Å². The van der Waals surface area contributed by atoms with E-state index in [-0.39, 0.29) is 47.0 Å². The van der Waals surface area contributed by atoms with Crippen LogP contribution in [0.4, 0.5) is 16.0 Å². The fourth-order valence-corrected chi connectivity index (χ4v) is 4.97. The molecule has 0 spiro atoms. The van der Waals surface area contributed by atoms with Gasteiger partial charge in [0.1, 0.15) is 11.4 Å². The second-order valence-corrected chi connectivity index (χ2v) is 8.49. The van der Waals surface area contributed by atoms with E-state index in [9.17, 15) is 9.59 Å². The Balaban J connectivity index is 1.44. The van der Waals surface area contributed by atoms with Gasteiger partial charge in [-0.15, -0.1) is 0 Å². The summed E-state index contributed by atoms with van der Waals surface area (Å²) in [6.45, 7) is -2.21. The number of hydrogen-bond donors (Lipinski definition) is 3. The Labute approximate surface area is 197 Å². The Morgan fingerprint density at radius 1 is 1.15 bits per heavy atom. The lowest BCUT2D eigenvalue weighted by atomic mass is 9.88. The minimum Gasteiger partial charge on any atom is -0.357 e. The maximum Gasteiger partial charge on any atom is 0.259 e. The van der Waals surface area contributed by atoms with Gasteiger partial charge in [-0.2, -0.15) is 4.98 Å². The summed E-state index contributed by atoms with van der Waals surface area (Å²) in [6.07, 6.45) is 3.38. The predicted molar refractivity (Wildman–Crippen MR) is 118 cm³/mol. The summed E-state index contributed by atoms with van der Waals surface area (Å²) in [6, 6.07) is 0. The van der Waals surface area contributed by atoms with Gasteiger partial charge in [-0.25, -0.2) is 14.4 Å². The summed E-state index contributed by atoms with van der Waals surface area (Å²) in [4.78, 5) is 41.8. The average molecular weight is 471 g/mol. The molecule has 0 unspecified atom stereocenters. The maximum absolute atomic E-state index is 16.0. The first kappa shape index (κ1) is 17.0. The largest absolute Gasteiger partial charge is 0.357 e. The maximum atomic E-state index is 16.0. The molecule has 9 nitrogen and oxygen atoms in total. The molecule has 0 fully saturated rings. The molecule has 0 aromatic carbocycles. The van der Waals surface area contributed by atoms with Crippen LogP contribution in [0.15, 0.2) is 6.20 Å². The molecule has 0 bridgehead atoms. The van der Waals surface area contributed by atoms with Crippen LogP contribution < -0.4 is 10.6 Å². The van der Waals surface area contributed by atoms with Crippen molar-refractivity contribution in [3.8, 4) is 11.3 Å². The second-order valence-electron chi connectivity index (χ2n) is 8.15. The Morgan fingerprint density at radius 2 is 2.03 bits per heavy atom. The molecule has 1 aliphatic carbocycles. The van der Waals surface area contributed by atoms with Gasteiger partial charge in [-0.1, -0.05) is 0 Å². The number of fused-ring (bicyclic) bond motifs is 6. The second kappa shape index (κ2) is 7.24. The fourth-order valence-electron chi connectivity index (χ4n) is 4.78. The summed E-state index contributed by atoms with van der Waals surface area (Å²) < 4.78 is 38.9. The predicted octanol–water partition coefficient (Wildman–Crippen LogP) is 2.42. The van der Waals surface area contributed by atoms with Crippen molar-refractivity contribution < 1.29 is 18.1 Å². The van der Waals surface area contributed by atoms with Crippen LogP contribution in [-0.4, -0.2) is 56.7 Å². The number of aryl methyl sites for hydroxylation is 1. The van der Waals surface area contributed by atoms with E-state index in [1.54, 1.807) is 0 Å². The third kappa shape index (κ3) is 3.01. The van der Waals surface area contributed by atoms with Crippen LogP contribution in [0.25, 0.3) is 11.3 Å². The van der Waals surface area contributed by atoms with Crippen molar-refractivity contribution in [1.29, 1.82) is 0 Å². The summed E-state index contributed by atoms with van der Waals surface area (Å²) in [7, 11) is 0. The molecule has 6 rings (SSSR count). The lowest BCUT2D eigenvalue weighted by molar-refractivity contribution is 0.0779. The van der Waals surface area contributed by atoms with Crippen LogP contribution in [0.1, 0.15) is 47.3 Å². The van der Waals surface area contributed by atoms with E-state index in [0.717, 1.165) is 16.2 Å². The van der Waals surface area contributed by atoms with E-state index in [2.05, 4.69) is 30.6 Å². The third-order valence-electron chi connectivity index (χ3n) is 6.29. The van der Waals surface area contributed by atoms with E-state index >= 15 is 4.39 Å². The first-order valence-electron chi connectivity index (χ1n) is 12.0. The smallest absolute Gasteiger partial charge is 0.259 e. The lowest BCUT2D eigenvalue weighted by Crippen LogP contribution is -2.35. The summed E-state index contributed by atoms with van der Waals surface area (Å²) in [5.74, 6) is -2.01. The van der Waals surface area contributed by atoms with Gasteiger partial charge in [0.15, 0.2) is 11.6 Å². The van der Waals surface area contributed by atoms with Crippen LogP contribution in [0.5, 0.6) is 0 Å². The molecule has 3 N–H and O–H groups in total. The summed E-state index contributed by atoms with van der Waals surface area (Å²) in [5, 5.41) is 5.41. The zero-order valence-corrected chi connectivity index (χ0v) is 17.9. The normalized spacial score (nSPS) is 18.2. The molecule has 168 valence electrons. The van der Waals surface area contributed by atoms with Crippen molar-refractivity contribution in [3.05, 3.63) is 50.9 Å². The zero-order chi connectivity index (χ0) is 25.4. The van der Waals surface area contributed by atoms with Gasteiger partial charge >= 0.3 is 0 Å². The molecule has 0 saturated heterocycles. The van der Waals surface area contributed by atoms with Gasteiger partial charge in [-0.05, 0) is 35.6 Å². The highest BCUT2D eigenvalue weighted by Gasteiger charge is 2.33. The number of amides is 2. The van der Waals surface area contributed by atoms with Gasteiger partial charge < -0.3 is 20.5 Å². The molecule has 0 radical (unpaired) electrons. The van der Waals surface area contributed by atoms with E-state index in [0.29, 0.717) is 48.2 Å². The van der Waals surface area contributed by atoms with Crippen molar-refractivity contribution in [2.24, 2.45) is 0 Å². The number of likely N-dealkylation sites (N-methyl/N-ethyl adjacent to an activating group) is 1. The molecule has 3 aliphatic rings. The first-order valence-corrected chi connectivity index (χ1v) is 10.9. The van der Waals surface area contributed by atoms with Crippen LogP contribution in [-0.2, 0) is 25.7 Å². The Hall–Kier alpha value is -3.53. The molecule has 2 aliphatic heterocycles. The van der Waals surface area contributed by atoms with Crippen molar-refractivity contribution in [2.75, 3.05) is 25.4 Å². The van der Waals surface area contributed by atoms with Gasteiger partial charge in [0, 0.05) is 54.5 Å². The third-order valence-corrected chi connectivity index (χ3v) is 6.45. The van der Waals surface area contributed by atoms with E-state index in [1.807, 2.05) is 0 Å². The number of carbonyl (C=O) groups is 2. The minimum atomic E-state index is -2.66. The molecule has 0 atom stereocenters. The first-order chi connectivity index (χ1) is 17.1. The van der Waals surface area contributed by atoms with Crippen molar-refractivity contribution in [2.45, 2.75) is 25.7 Å². The van der Waals surface area contributed by atoms with Gasteiger partial charge in [0.25, 0.3) is 11.8 Å². The van der Waals surface area contributed by atoms with Crippen LogP contribution in [0, 0.1) is 5.82 Å². The Bertz CT molecular complexity index is 1470. The SMILES string of the molecule is [2H]C([2H])([2H])N1CCc2nc(Cl)nc(Nc3ncc4c(c3F)-c3[nH]c5c(c3CC4)C(=O)NCC5)c2C1=O. The summed E-state index contributed by atoms with van der Waals surface area (Å²) >= 11 is 6.06. The number of H-pyrrole nitrogens is 1. The quantitative estimate of drug-likeness (QED) is 0.495. The molecule has 3 aromatic rings. The molecule has 0 saturated carbocycles. The number of hydrogen-bond acceptors (Lipinski definition) is 6. The number of pyridine rings is 1. The average Bonchev–Trinajstić information content (AvgIpc) is 3.19. The molecule has 11 heteroatoms. The Morgan fingerprint density at radius 3 is 2.88 bits per heavy atom. The summed E-state index contributed by atoms with van der Waals surface area (Å²) in [5.41, 5.74) is 3.79. The molecule has 33 heavy (non-hydrogen) atoms. The zero-order valence-electron chi connectivity index (χ0n) is 20.2. The Kier molecular flexibility index (Phi) is 3.73. The number of nitrogens with one attached hydrogen (secondary N) is 3. The number of aromatic amines is 1. The van der Waals surface area contributed by atoms with Crippen LogP contribution in [0.3, 0.4) is 0 Å². The number of halogens is 2. The monoisotopic (exact) mass is 470 g/mol. The van der Waals surface area contributed by atoms with Crippen molar-refractivity contribution in [1.82, 2.24) is 30.2 Å². The molecular weight excluding hydrogens is 449 g/mol. The van der Waals surface area contributed by atoms with Gasteiger partial charge in [-0.3, -0.25) is 9.59 Å². The number of rotatable bonds is 2. The standard InChI is InChI=1S/C22H19ClFN7O2/c1-31-7-5-12-15(21(31)33)18(30-22(23)28-12)29-19-16(24)13-9(8-26-19)2-3-10-14-11(27-17(10)13)4-6-25-20(14)32/h8,27H,2-7H2,1H3,(H,25,32)(H,26,28,29,30)/i1D3. The van der Waals surface area contributed by atoms with Crippen LogP contribution in [0.2, 0.25) is 5.28 Å². The highest BCUT2D eigenvalue weighted by molar-refractivity contribution is 6.28. The number of anilines is 2. The van der Waals surface area contributed by atoms with Gasteiger partial charge in [0.05, 0.1) is 17.0 Å². The van der Waals surface area contributed by atoms with Crippen LogP contribution >= 0.6 is 11.6 Å². The van der Waals surface area contributed by atoms with E-state index in [1.165, 1.54) is 6.20 Å². The molecule has 2 amide bonds. The number of aromatic nitrogens is 4. The van der Waals surface area contributed by atoms with E-state index in [4.69, 9.17) is 15.7 Å². The fraction of sp³-hybridized carbons (Fsp3) is 0.318. The lowest BCUT2D eigenvalue weighted by Gasteiger charge is -2.26. The minimum absolute atomic E-state index is 0.0611. The highest BCUT2D eigenvalue weighted by Crippen LogP contribution is 2.40. The topological polar surface area (TPSA) is 116 Å². The molecular formula is C22H19ClFN7O2. The number of nitrogens with zero attached hydrogens (tertiary/aromatic N) is 4. The van der Waals surface area contributed by atoms with E-state index < -0.39 is 18.7 Å². The molecule has 3 aromatic heterocycles. The van der Waals surface area contributed by atoms with Gasteiger partial charge in [0.2, 0.25) is 5.28 Å². The molecule has 5 heterocycles. The number of carbonyl (C=O) groups excluding carboxylic acids is 2. The van der Waals surface area contributed by atoms with Crippen molar-refractivity contribution >= 4 is 35.1 Å². The highest BCUT2D eigenvalue weighted by atomic mass is 35.5.